The van der Waals surface area contributed by atoms with E-state index in [0.29, 0.717) is 11.8 Å². The lowest BCUT2D eigenvalue weighted by Crippen LogP contribution is -2.31. The third-order valence-electron chi connectivity index (χ3n) is 5.93. The molecular formula is C25H30N4OS. The lowest BCUT2D eigenvalue weighted by atomic mass is 9.95. The van der Waals surface area contributed by atoms with Crippen molar-refractivity contribution in [3.8, 4) is 0 Å². The monoisotopic (exact) mass is 434 g/mol. The number of carbonyl (C=O) groups excluding carboxylic acids is 1. The summed E-state index contributed by atoms with van der Waals surface area (Å²) < 4.78 is 2.25. The molecule has 1 aliphatic carbocycles. The van der Waals surface area contributed by atoms with Gasteiger partial charge in [-0.1, -0.05) is 91.7 Å². The average Bonchev–Trinajstić information content (AvgIpc) is 3.19. The number of carbonyl (C=O) groups is 1. The van der Waals surface area contributed by atoms with Gasteiger partial charge < -0.3 is 9.88 Å². The van der Waals surface area contributed by atoms with Crippen molar-refractivity contribution < 1.29 is 4.79 Å². The van der Waals surface area contributed by atoms with Crippen LogP contribution in [0.1, 0.15) is 61.1 Å². The van der Waals surface area contributed by atoms with Crippen LogP contribution < -0.4 is 5.32 Å². The topological polar surface area (TPSA) is 59.8 Å². The molecule has 162 valence electrons. The number of nitrogens with zero attached hydrogens (tertiary/aromatic N) is 3. The molecule has 1 heterocycles. The molecule has 1 aromatic heterocycles. The van der Waals surface area contributed by atoms with Gasteiger partial charge in [0.15, 0.2) is 5.16 Å². The first-order valence-corrected chi connectivity index (χ1v) is 12.1. The predicted molar refractivity (Wildman–Crippen MR) is 125 cm³/mol. The fourth-order valence-electron chi connectivity index (χ4n) is 4.36. The molecule has 1 aliphatic rings. The second kappa shape index (κ2) is 10.6. The number of thioether (sulfide) groups is 1. The van der Waals surface area contributed by atoms with Gasteiger partial charge in [-0.25, -0.2) is 0 Å². The second-order valence-corrected chi connectivity index (χ2v) is 9.14. The largest absolute Gasteiger partial charge is 0.348 e. The van der Waals surface area contributed by atoms with Crippen LogP contribution in [0.2, 0.25) is 0 Å². The standard InChI is InChI=1S/C25H30N4OS/c1-19-27-28-25(29(19)22-15-9-4-10-16-22)31-18-24(30)26-23(21-13-7-3-8-14-21)17-20-11-5-2-6-12-20/h2-3,5-8,11-14,22-23H,4,9-10,15-18H2,1H3,(H,26,30). The first-order chi connectivity index (χ1) is 15.2. The van der Waals surface area contributed by atoms with E-state index in [-0.39, 0.29) is 11.9 Å². The zero-order valence-corrected chi connectivity index (χ0v) is 18.9. The van der Waals surface area contributed by atoms with Gasteiger partial charge in [0.2, 0.25) is 5.91 Å². The Balaban J connectivity index is 1.42. The molecule has 0 saturated heterocycles. The minimum atomic E-state index is -0.0605. The van der Waals surface area contributed by atoms with Crippen molar-refractivity contribution in [3.63, 3.8) is 0 Å². The molecule has 4 rings (SSSR count). The maximum absolute atomic E-state index is 12.9. The van der Waals surface area contributed by atoms with E-state index in [4.69, 9.17) is 0 Å². The minimum absolute atomic E-state index is 0.0191. The molecule has 31 heavy (non-hydrogen) atoms. The van der Waals surface area contributed by atoms with Crippen LogP contribution in [0.25, 0.3) is 0 Å². The Morgan fingerprint density at radius 2 is 1.71 bits per heavy atom. The highest BCUT2D eigenvalue weighted by molar-refractivity contribution is 7.99. The Morgan fingerprint density at radius 3 is 2.42 bits per heavy atom. The number of nitrogens with one attached hydrogen (secondary N) is 1. The van der Waals surface area contributed by atoms with Crippen LogP contribution in [-0.4, -0.2) is 26.4 Å². The zero-order valence-electron chi connectivity index (χ0n) is 18.0. The van der Waals surface area contributed by atoms with Crippen molar-refractivity contribution in [2.75, 3.05) is 5.75 Å². The average molecular weight is 435 g/mol. The minimum Gasteiger partial charge on any atom is -0.348 e. The van der Waals surface area contributed by atoms with Gasteiger partial charge in [0.1, 0.15) is 5.82 Å². The van der Waals surface area contributed by atoms with Gasteiger partial charge in [0.05, 0.1) is 11.8 Å². The van der Waals surface area contributed by atoms with Crippen LogP contribution in [0.3, 0.4) is 0 Å². The molecule has 2 aromatic carbocycles. The summed E-state index contributed by atoms with van der Waals surface area (Å²) in [6.45, 7) is 2.01. The maximum atomic E-state index is 12.9. The van der Waals surface area contributed by atoms with Gasteiger partial charge in [0, 0.05) is 6.04 Å². The van der Waals surface area contributed by atoms with Crippen molar-refractivity contribution in [2.24, 2.45) is 0 Å². The van der Waals surface area contributed by atoms with E-state index in [2.05, 4.69) is 44.3 Å². The van der Waals surface area contributed by atoms with Crippen LogP contribution in [-0.2, 0) is 11.2 Å². The van der Waals surface area contributed by atoms with Gasteiger partial charge >= 0.3 is 0 Å². The lowest BCUT2D eigenvalue weighted by molar-refractivity contribution is -0.119. The molecule has 1 atom stereocenters. The van der Waals surface area contributed by atoms with Crippen LogP contribution >= 0.6 is 11.8 Å². The molecule has 0 radical (unpaired) electrons. The summed E-state index contributed by atoms with van der Waals surface area (Å²) in [4.78, 5) is 12.9. The Hall–Kier alpha value is -2.60. The molecule has 5 nitrogen and oxygen atoms in total. The van der Waals surface area contributed by atoms with Gasteiger partial charge in [-0.3, -0.25) is 4.79 Å². The molecule has 0 spiro atoms. The SMILES string of the molecule is Cc1nnc(SCC(=O)NC(Cc2ccccc2)c2ccccc2)n1C1CCCCC1. The Bertz CT molecular complexity index is 968. The summed E-state index contributed by atoms with van der Waals surface area (Å²) in [7, 11) is 0. The van der Waals surface area contributed by atoms with Crippen LogP contribution in [0.15, 0.2) is 65.8 Å². The van der Waals surface area contributed by atoms with E-state index >= 15 is 0 Å². The molecule has 0 aliphatic heterocycles. The summed E-state index contributed by atoms with van der Waals surface area (Å²) in [6.07, 6.45) is 6.93. The fraction of sp³-hybridized carbons (Fsp3) is 0.400. The summed E-state index contributed by atoms with van der Waals surface area (Å²) in [5.74, 6) is 1.30. The third-order valence-corrected chi connectivity index (χ3v) is 6.87. The van der Waals surface area contributed by atoms with Crippen molar-refractivity contribution >= 4 is 17.7 Å². The molecule has 3 aromatic rings. The van der Waals surface area contributed by atoms with Crippen LogP contribution in [0, 0.1) is 6.92 Å². The number of hydrogen-bond acceptors (Lipinski definition) is 4. The summed E-state index contributed by atoms with van der Waals surface area (Å²) in [6, 6.07) is 20.9. The number of benzene rings is 2. The highest BCUT2D eigenvalue weighted by atomic mass is 32.2. The molecule has 1 amide bonds. The van der Waals surface area contributed by atoms with Crippen molar-refractivity contribution in [1.82, 2.24) is 20.1 Å². The summed E-state index contributed by atoms with van der Waals surface area (Å²) >= 11 is 1.49. The molecular weight excluding hydrogens is 404 g/mol. The van der Waals surface area contributed by atoms with Gasteiger partial charge in [-0.2, -0.15) is 0 Å². The summed E-state index contributed by atoms with van der Waals surface area (Å²) in [5.41, 5.74) is 2.32. The van der Waals surface area contributed by atoms with E-state index in [1.165, 1.54) is 49.4 Å². The van der Waals surface area contributed by atoms with E-state index in [0.717, 1.165) is 23.0 Å². The molecule has 1 unspecified atom stereocenters. The van der Waals surface area contributed by atoms with E-state index in [1.54, 1.807) is 0 Å². The first kappa shape index (κ1) is 21.6. The lowest BCUT2D eigenvalue weighted by Gasteiger charge is -2.25. The van der Waals surface area contributed by atoms with E-state index < -0.39 is 0 Å². The predicted octanol–water partition coefficient (Wildman–Crippen LogP) is 5.28. The van der Waals surface area contributed by atoms with Crippen LogP contribution in [0.5, 0.6) is 0 Å². The zero-order chi connectivity index (χ0) is 21.5. The molecule has 0 bridgehead atoms. The highest BCUT2D eigenvalue weighted by Gasteiger charge is 2.22. The van der Waals surface area contributed by atoms with Gasteiger partial charge in [-0.05, 0) is 37.3 Å². The molecule has 1 saturated carbocycles. The van der Waals surface area contributed by atoms with Crippen molar-refractivity contribution in [2.45, 2.75) is 62.7 Å². The van der Waals surface area contributed by atoms with E-state index in [9.17, 15) is 4.79 Å². The normalized spacial score (nSPS) is 15.5. The Kier molecular flexibility index (Phi) is 7.41. The number of aromatic nitrogens is 3. The second-order valence-electron chi connectivity index (χ2n) is 8.20. The first-order valence-electron chi connectivity index (χ1n) is 11.1. The number of amides is 1. The fourth-order valence-corrected chi connectivity index (χ4v) is 5.22. The van der Waals surface area contributed by atoms with Crippen molar-refractivity contribution in [1.29, 1.82) is 0 Å². The number of hydrogen-bond donors (Lipinski definition) is 1. The van der Waals surface area contributed by atoms with Gasteiger partial charge in [-0.15, -0.1) is 10.2 Å². The number of rotatable bonds is 8. The van der Waals surface area contributed by atoms with Crippen LogP contribution in [0.4, 0.5) is 0 Å². The molecule has 1 fully saturated rings. The smallest absolute Gasteiger partial charge is 0.230 e. The third kappa shape index (κ3) is 5.76. The maximum Gasteiger partial charge on any atom is 0.230 e. The quantitative estimate of drug-likeness (QED) is 0.490. The molecule has 6 heteroatoms. The summed E-state index contributed by atoms with van der Waals surface area (Å²) in [5, 5.41) is 12.8. The number of aryl methyl sites for hydroxylation is 1. The Morgan fingerprint density at radius 1 is 1.03 bits per heavy atom. The molecule has 1 N–H and O–H groups in total. The Labute approximate surface area is 188 Å². The highest BCUT2D eigenvalue weighted by Crippen LogP contribution is 2.32. The van der Waals surface area contributed by atoms with Crippen molar-refractivity contribution in [3.05, 3.63) is 77.6 Å². The van der Waals surface area contributed by atoms with E-state index in [1.807, 2.05) is 43.3 Å². The van der Waals surface area contributed by atoms with Gasteiger partial charge in [0.25, 0.3) is 0 Å².